The second-order valence-corrected chi connectivity index (χ2v) is 13.1. The highest BCUT2D eigenvalue weighted by molar-refractivity contribution is 7.92. The minimum Gasteiger partial charge on any atom is -0.380 e. The van der Waals surface area contributed by atoms with E-state index in [9.17, 15) is 43.2 Å². The van der Waals surface area contributed by atoms with Crippen molar-refractivity contribution in [2.75, 3.05) is 17.3 Å². The molecule has 0 saturated heterocycles. The fraction of sp³-hybridized carbons (Fsp3) is 0.200. The summed E-state index contributed by atoms with van der Waals surface area (Å²) >= 11 is 0. The number of carbonyl (C=O) groups is 1. The molecule has 1 N–H and O–H groups in total. The van der Waals surface area contributed by atoms with E-state index in [1.54, 1.807) is 0 Å². The van der Waals surface area contributed by atoms with E-state index < -0.39 is 73.9 Å². The molecule has 3 rings (SSSR count). The molecule has 12 nitrogen and oxygen atoms in total. The molecule has 3 aromatic rings. The Morgan fingerprint density at radius 3 is 2.18 bits per heavy atom. The third-order valence-electron chi connectivity index (χ3n) is 4.64. The van der Waals surface area contributed by atoms with Gasteiger partial charge in [0.15, 0.2) is 21.4 Å². The molecule has 0 unspecified atom stereocenters. The van der Waals surface area contributed by atoms with Crippen LogP contribution in [0.4, 0.5) is 18.9 Å². The molecular formula is C20H17F3N4O8S3. The molecule has 1 amide bonds. The largest absolute Gasteiger partial charge is 0.501 e. The quantitative estimate of drug-likeness (QED) is 0.378. The second kappa shape index (κ2) is 10.3. The number of halogens is 3. The number of benzene rings is 1. The number of aromatic nitrogens is 3. The van der Waals surface area contributed by atoms with Crippen molar-refractivity contribution in [2.45, 2.75) is 22.2 Å². The summed E-state index contributed by atoms with van der Waals surface area (Å²) in [6, 6.07) is 5.09. The molecule has 1 aromatic carbocycles. The van der Waals surface area contributed by atoms with Gasteiger partial charge in [0.05, 0.1) is 27.5 Å². The molecule has 0 aliphatic heterocycles. The van der Waals surface area contributed by atoms with Crippen LogP contribution in [0.5, 0.6) is 5.75 Å². The fourth-order valence-electron chi connectivity index (χ4n) is 2.90. The van der Waals surface area contributed by atoms with Crippen molar-refractivity contribution >= 4 is 41.4 Å². The first kappa shape index (κ1) is 28.9. The van der Waals surface area contributed by atoms with Crippen molar-refractivity contribution < 1.29 is 47.4 Å². The van der Waals surface area contributed by atoms with Crippen molar-refractivity contribution in [2.24, 2.45) is 0 Å². The lowest BCUT2D eigenvalue weighted by Crippen LogP contribution is -2.24. The highest BCUT2D eigenvalue weighted by Crippen LogP contribution is 2.35. The maximum Gasteiger partial charge on any atom is 0.501 e. The number of hydrogen-bond donors (Lipinski definition) is 1. The van der Waals surface area contributed by atoms with E-state index in [-0.39, 0.29) is 11.5 Å². The maximum atomic E-state index is 13.2. The molecule has 0 bridgehead atoms. The van der Waals surface area contributed by atoms with Crippen molar-refractivity contribution in [1.29, 1.82) is 0 Å². The molecule has 0 fully saturated rings. The van der Waals surface area contributed by atoms with Gasteiger partial charge in [-0.3, -0.25) is 4.79 Å². The van der Waals surface area contributed by atoms with Crippen LogP contribution >= 0.6 is 0 Å². The molecule has 0 spiro atoms. The van der Waals surface area contributed by atoms with Crippen LogP contribution in [0.25, 0.3) is 11.5 Å². The summed E-state index contributed by atoms with van der Waals surface area (Å²) in [7, 11) is -14.3. The average molecular weight is 595 g/mol. The van der Waals surface area contributed by atoms with Crippen molar-refractivity contribution in [1.82, 2.24) is 15.0 Å². The monoisotopic (exact) mass is 594 g/mol. The number of pyridine rings is 1. The van der Waals surface area contributed by atoms with Crippen LogP contribution in [0.15, 0.2) is 58.6 Å². The summed E-state index contributed by atoms with van der Waals surface area (Å²) in [5.41, 5.74) is -7.34. The Balaban J connectivity index is 2.20. The van der Waals surface area contributed by atoms with E-state index in [0.717, 1.165) is 6.07 Å². The summed E-state index contributed by atoms with van der Waals surface area (Å²) in [5, 5.41) is 2.00. The Morgan fingerprint density at radius 1 is 1.00 bits per heavy atom. The average Bonchev–Trinajstić information content (AvgIpc) is 2.83. The number of sulfone groups is 2. The van der Waals surface area contributed by atoms with Crippen LogP contribution in [0.2, 0.25) is 0 Å². The van der Waals surface area contributed by atoms with Gasteiger partial charge in [0.2, 0.25) is 0 Å². The van der Waals surface area contributed by atoms with Crippen LogP contribution in [-0.2, 0) is 29.8 Å². The molecular weight excluding hydrogens is 577 g/mol. The van der Waals surface area contributed by atoms with E-state index >= 15 is 0 Å². The summed E-state index contributed by atoms with van der Waals surface area (Å²) in [6.45, 7) is 1.29. The van der Waals surface area contributed by atoms with E-state index in [4.69, 9.17) is 0 Å². The van der Waals surface area contributed by atoms with Gasteiger partial charge in [-0.1, -0.05) is 6.92 Å². The summed E-state index contributed by atoms with van der Waals surface area (Å²) in [5.74, 6) is -2.54. The molecule has 204 valence electrons. The minimum atomic E-state index is -5.92. The summed E-state index contributed by atoms with van der Waals surface area (Å²) in [6.07, 6.45) is 3.29. The SMILES string of the molecule is CCS(=O)(=O)c1ccc(-c2ncccn2)nc1C(=O)Nc1cc(S(=O)(=O)C(F)(F)F)ccc1OS(C)(=O)=O. The zero-order valence-corrected chi connectivity index (χ0v) is 21.7. The number of alkyl halides is 3. The number of nitrogens with zero attached hydrogens (tertiary/aromatic N) is 3. The third kappa shape index (κ3) is 6.25. The molecule has 0 aliphatic carbocycles. The topological polar surface area (TPSA) is 179 Å². The normalized spacial score (nSPS) is 12.7. The Bertz CT molecular complexity index is 1710. The lowest BCUT2D eigenvalue weighted by Gasteiger charge is -2.15. The molecule has 18 heteroatoms. The number of amides is 1. The lowest BCUT2D eigenvalue weighted by molar-refractivity contribution is -0.0436. The summed E-state index contributed by atoms with van der Waals surface area (Å²) < 4.78 is 116. The Kier molecular flexibility index (Phi) is 7.81. The van der Waals surface area contributed by atoms with E-state index in [1.165, 1.54) is 31.5 Å². The van der Waals surface area contributed by atoms with Crippen LogP contribution < -0.4 is 9.50 Å². The van der Waals surface area contributed by atoms with Crippen LogP contribution in [0.1, 0.15) is 17.4 Å². The first-order valence-corrected chi connectivity index (χ1v) is 15.1. The van der Waals surface area contributed by atoms with Crippen molar-refractivity contribution in [3.8, 4) is 17.3 Å². The molecule has 0 aliphatic rings. The summed E-state index contributed by atoms with van der Waals surface area (Å²) in [4.78, 5) is 23.2. The number of hydrogen-bond acceptors (Lipinski definition) is 11. The van der Waals surface area contributed by atoms with Crippen LogP contribution in [0.3, 0.4) is 0 Å². The first-order chi connectivity index (χ1) is 17.5. The van der Waals surface area contributed by atoms with Crippen molar-refractivity contribution in [3.05, 3.63) is 54.5 Å². The standard InChI is InChI=1S/C20H17F3N4O8S3/c1-3-37(31,32)16-8-6-13(18-24-9-4-10-25-18)26-17(16)19(28)27-14-11-12(38(33,34)20(21,22)23)5-7-15(14)35-36(2,29)30/h4-11H,3H2,1-2H3,(H,27,28). The van der Waals surface area contributed by atoms with Gasteiger partial charge < -0.3 is 9.50 Å². The fourth-order valence-corrected chi connectivity index (χ4v) is 5.17. The third-order valence-corrected chi connectivity index (χ3v) is 8.36. The molecule has 38 heavy (non-hydrogen) atoms. The van der Waals surface area contributed by atoms with Crippen LogP contribution in [0, 0.1) is 0 Å². The molecule has 2 heterocycles. The van der Waals surface area contributed by atoms with Crippen LogP contribution in [-0.4, -0.2) is 63.6 Å². The lowest BCUT2D eigenvalue weighted by atomic mass is 10.2. The predicted octanol–water partition coefficient (Wildman–Crippen LogP) is 2.22. The number of carbonyl (C=O) groups excluding carboxylic acids is 1. The predicted molar refractivity (Wildman–Crippen MR) is 126 cm³/mol. The van der Waals surface area contributed by atoms with Gasteiger partial charge in [-0.25, -0.2) is 31.8 Å². The van der Waals surface area contributed by atoms with Gasteiger partial charge in [-0.2, -0.15) is 21.6 Å². The minimum absolute atomic E-state index is 0.00126. The zero-order valence-electron chi connectivity index (χ0n) is 19.3. The molecule has 0 radical (unpaired) electrons. The smallest absolute Gasteiger partial charge is 0.380 e. The van der Waals surface area contributed by atoms with Crippen molar-refractivity contribution in [3.63, 3.8) is 0 Å². The molecule has 2 aromatic heterocycles. The highest BCUT2D eigenvalue weighted by Gasteiger charge is 2.47. The van der Waals surface area contributed by atoms with Gasteiger partial charge >= 0.3 is 15.6 Å². The number of anilines is 1. The van der Waals surface area contributed by atoms with Gasteiger partial charge in [-0.05, 0) is 36.4 Å². The van der Waals surface area contributed by atoms with E-state index in [0.29, 0.717) is 24.5 Å². The number of rotatable bonds is 8. The molecule has 0 saturated carbocycles. The molecule has 0 atom stereocenters. The van der Waals surface area contributed by atoms with Gasteiger partial charge in [0, 0.05) is 12.4 Å². The van der Waals surface area contributed by atoms with Gasteiger partial charge in [0.1, 0.15) is 11.4 Å². The highest BCUT2D eigenvalue weighted by atomic mass is 32.2. The van der Waals surface area contributed by atoms with E-state index in [1.807, 2.05) is 5.32 Å². The zero-order chi connectivity index (χ0) is 28.5. The Labute approximate surface area is 214 Å². The number of nitrogens with one attached hydrogen (secondary N) is 1. The van der Waals surface area contributed by atoms with Gasteiger partial charge in [-0.15, -0.1) is 0 Å². The Hall–Kier alpha value is -3.64. The first-order valence-electron chi connectivity index (χ1n) is 10.1. The second-order valence-electron chi connectivity index (χ2n) is 7.37. The Morgan fingerprint density at radius 2 is 1.63 bits per heavy atom. The maximum absolute atomic E-state index is 13.2. The van der Waals surface area contributed by atoms with Gasteiger partial charge in [0.25, 0.3) is 15.7 Å². The van der Waals surface area contributed by atoms with E-state index in [2.05, 4.69) is 19.1 Å².